The zero-order valence-corrected chi connectivity index (χ0v) is 62.7. The van der Waals surface area contributed by atoms with Gasteiger partial charge in [0.25, 0.3) is 0 Å². The number of methoxy groups -OCH3 is 2. The number of carbonyl (C=O) groups excluding carboxylic acids is 10. The summed E-state index contributed by atoms with van der Waals surface area (Å²) >= 11 is 0. The molecule has 0 bridgehead atoms. The van der Waals surface area contributed by atoms with Crippen LogP contribution in [0.15, 0.2) is 54.6 Å². The second-order valence-corrected chi connectivity index (χ2v) is 28.1. The summed E-state index contributed by atoms with van der Waals surface area (Å²) in [5, 5.41) is 29.0. The van der Waals surface area contributed by atoms with E-state index >= 15 is 0 Å². The molecule has 102 heavy (non-hydrogen) atoms. The summed E-state index contributed by atoms with van der Waals surface area (Å²) in [5.41, 5.74) is 7.06. The predicted octanol–water partition coefficient (Wildman–Crippen LogP) is 3.45. The van der Waals surface area contributed by atoms with Gasteiger partial charge in [-0.25, -0.2) is 4.79 Å². The van der Waals surface area contributed by atoms with Gasteiger partial charge in [-0.15, -0.1) is 0 Å². The lowest BCUT2D eigenvalue weighted by molar-refractivity contribution is -0.149. The largest absolute Gasteiger partial charge is 0.481 e. The Balaban J connectivity index is 1.36. The van der Waals surface area contributed by atoms with Crippen molar-refractivity contribution in [3.8, 4) is 0 Å². The lowest BCUT2D eigenvalue weighted by atomic mass is 9.89. The number of likely N-dealkylation sites (tertiary alicyclic amines) is 2. The van der Waals surface area contributed by atoms with Crippen molar-refractivity contribution in [3.05, 3.63) is 65.7 Å². The number of nitrogens with zero attached hydrogens (tertiary/aromatic N) is 4. The fraction of sp³-hybridized carbons (Fsp3) is 0.685. The molecule has 11 amide bonds. The van der Waals surface area contributed by atoms with Crippen LogP contribution >= 0.6 is 0 Å². The molecule has 2 saturated heterocycles. The Bertz CT molecular complexity index is 3010. The molecule has 0 spiro atoms. The monoisotopic (exact) mass is 1430 g/mol. The van der Waals surface area contributed by atoms with Gasteiger partial charge in [0.05, 0.1) is 75.0 Å². The number of carboxylic acid groups (broad SMARTS) is 1. The van der Waals surface area contributed by atoms with E-state index < -0.39 is 120 Å². The first-order valence-electron chi connectivity index (χ1n) is 35.8. The number of rotatable bonds is 44. The van der Waals surface area contributed by atoms with Gasteiger partial charge in [-0.05, 0) is 106 Å². The second-order valence-electron chi connectivity index (χ2n) is 28.1. The molecule has 2 aliphatic heterocycles. The zero-order valence-electron chi connectivity index (χ0n) is 62.7. The fourth-order valence-electron chi connectivity index (χ4n) is 13.3. The molecule has 2 fully saturated rings. The van der Waals surface area contributed by atoms with Gasteiger partial charge in [-0.2, -0.15) is 0 Å². The Kier molecular flexibility index (Phi) is 37.3. The Labute approximate surface area is 602 Å². The van der Waals surface area contributed by atoms with Crippen molar-refractivity contribution in [2.24, 2.45) is 41.2 Å². The molecule has 0 aromatic heterocycles. The molecular formula is C73H118N12O17. The molecule has 10 N–H and O–H groups in total. The number of nitrogens with two attached hydrogens (primary N) is 1. The molecule has 2 unspecified atom stereocenters. The quantitative estimate of drug-likeness (QED) is 0.0429. The van der Waals surface area contributed by atoms with Crippen LogP contribution in [0.1, 0.15) is 132 Å². The van der Waals surface area contributed by atoms with E-state index in [1.54, 1.807) is 66.8 Å². The van der Waals surface area contributed by atoms with Gasteiger partial charge in [-0.1, -0.05) is 111 Å². The van der Waals surface area contributed by atoms with Crippen LogP contribution < -0.4 is 43.0 Å². The summed E-state index contributed by atoms with van der Waals surface area (Å²) < 4.78 is 28.6. The molecular weight excluding hydrogens is 1320 g/mol. The van der Waals surface area contributed by atoms with E-state index in [4.69, 9.17) is 29.4 Å². The van der Waals surface area contributed by atoms with Gasteiger partial charge in [0.1, 0.15) is 37.4 Å². The summed E-state index contributed by atoms with van der Waals surface area (Å²) in [7, 11) is 8.38. The third-order valence-electron chi connectivity index (χ3n) is 19.2. The van der Waals surface area contributed by atoms with Crippen LogP contribution in [-0.2, 0) is 84.6 Å². The number of piperidine rings is 1. The minimum absolute atomic E-state index is 0.00990. The Morgan fingerprint density at radius 2 is 1.27 bits per heavy atom. The molecule has 0 saturated carbocycles. The van der Waals surface area contributed by atoms with Crippen LogP contribution in [0.25, 0.3) is 0 Å². The maximum absolute atomic E-state index is 14.6. The Hall–Kier alpha value is -7.83. The van der Waals surface area contributed by atoms with Gasteiger partial charge in [0.15, 0.2) is 0 Å². The summed E-state index contributed by atoms with van der Waals surface area (Å²) in [4.78, 5) is 155. The molecule has 0 aliphatic carbocycles. The predicted molar refractivity (Wildman–Crippen MR) is 384 cm³/mol. The molecule has 29 nitrogen and oxygen atoms in total. The van der Waals surface area contributed by atoms with E-state index in [-0.39, 0.29) is 119 Å². The van der Waals surface area contributed by atoms with Crippen LogP contribution in [0, 0.1) is 35.5 Å². The normalized spacial score (nSPS) is 18.4. The van der Waals surface area contributed by atoms with Gasteiger partial charge < -0.3 is 86.4 Å². The number of aliphatic carboxylic acids is 1. The van der Waals surface area contributed by atoms with Crippen LogP contribution in [0.3, 0.4) is 0 Å². The first-order valence-corrected chi connectivity index (χ1v) is 35.8. The van der Waals surface area contributed by atoms with Crippen LogP contribution in [-0.4, -0.2) is 245 Å². The molecule has 2 aliphatic rings. The molecule has 2 aromatic rings. The van der Waals surface area contributed by atoms with Gasteiger partial charge in [0.2, 0.25) is 53.2 Å². The number of amides is 11. The van der Waals surface area contributed by atoms with Crippen LogP contribution in [0.5, 0.6) is 0 Å². The van der Waals surface area contributed by atoms with Crippen molar-refractivity contribution < 1.29 is 81.5 Å². The molecule has 29 heteroatoms. The first kappa shape index (κ1) is 86.6. The second kappa shape index (κ2) is 44.0. The van der Waals surface area contributed by atoms with Crippen molar-refractivity contribution in [2.75, 3.05) is 100.0 Å². The van der Waals surface area contributed by atoms with Crippen molar-refractivity contribution in [1.82, 2.24) is 51.5 Å². The zero-order chi connectivity index (χ0) is 75.9. The van der Waals surface area contributed by atoms with Crippen LogP contribution in [0.4, 0.5) is 10.5 Å². The van der Waals surface area contributed by atoms with E-state index in [9.17, 15) is 57.8 Å². The van der Waals surface area contributed by atoms with Crippen molar-refractivity contribution in [2.45, 2.75) is 194 Å². The summed E-state index contributed by atoms with van der Waals surface area (Å²) in [6.45, 7) is 19.4. The number of carbonyl (C=O) groups is 11. The highest BCUT2D eigenvalue weighted by molar-refractivity contribution is 5.99. The number of hydrogen-bond acceptors (Lipinski definition) is 17. The lowest BCUT2D eigenvalue weighted by Crippen LogP contribution is -2.59. The molecule has 2 heterocycles. The van der Waals surface area contributed by atoms with Crippen molar-refractivity contribution in [3.63, 3.8) is 0 Å². The minimum Gasteiger partial charge on any atom is -0.481 e. The highest BCUT2D eigenvalue weighted by atomic mass is 16.5. The molecule has 2 aromatic carbocycles. The van der Waals surface area contributed by atoms with Crippen molar-refractivity contribution >= 4 is 70.9 Å². The number of likely N-dealkylation sites (N-methyl/N-ethyl adjacent to an activating group) is 2. The lowest BCUT2D eigenvalue weighted by Gasteiger charge is -2.41. The number of hydrogen-bond donors (Lipinski definition) is 9. The first-order chi connectivity index (χ1) is 48.3. The van der Waals surface area contributed by atoms with E-state index in [0.717, 1.165) is 5.56 Å². The summed E-state index contributed by atoms with van der Waals surface area (Å²) in [6, 6.07) is 9.28. The number of benzene rings is 2. The topological polar surface area (TPSA) is 377 Å². The average molecular weight is 1440 g/mol. The fourth-order valence-corrected chi connectivity index (χ4v) is 13.3. The maximum Gasteiger partial charge on any atom is 0.312 e. The smallest absolute Gasteiger partial charge is 0.312 e. The number of nitrogens with one attached hydrogen (secondary N) is 7. The number of carboxylic acids is 1. The van der Waals surface area contributed by atoms with Gasteiger partial charge >= 0.3 is 12.0 Å². The highest BCUT2D eigenvalue weighted by Crippen LogP contribution is 2.31. The summed E-state index contributed by atoms with van der Waals surface area (Å²) in [5.74, 6) is -6.73. The summed E-state index contributed by atoms with van der Waals surface area (Å²) in [6.07, 6.45) is 1.51. The van der Waals surface area contributed by atoms with Crippen molar-refractivity contribution in [1.29, 1.82) is 0 Å². The number of urea groups is 1. The standard InChI is InChI=1S/C73H118N12O17/c1-16-47(8)64(83(13)71(94)62(45(4)5)81-70(93)63(46(6)7)82(11)12)57(98-14)40-59(87)85-32-21-25-56(85)65(99-15)49(10)66(89)79-55(39-50-22-18-17-19-23-50)67(90)76-41-51-26-28-53(29-27-51)77-68(91)54(24-20-31-75-73(74)97)78-69(92)61(44(2)3)80-58(86)42-101-36-34-100-35-37-102-43-60(88)84-33-30-52(72(95)96)38-48(84)9/h17-19,22-23,26-29,44-49,52,54-57,61-65H,16,20-21,24-25,30-43H2,1-15H3,(H,76,90)(H,77,91)(H,78,92)(H,79,89)(H,80,86)(H,81,93)(H,95,96)(H3,74,75,97)/t47-,48?,49+,52?,54-,55-,56-,57+,61-,62-,63-,64-,65+/m0/s1. The SMILES string of the molecule is CC[C@H](C)[C@@H]([C@@H](CC(=O)N1CCC[C@H]1[C@H](OC)[C@@H](C)C(=O)N[C@@H](Cc1ccccc1)C(=O)NCc1ccc(NC(=O)[C@H](CCCNC(N)=O)NC(=O)[C@@H](NC(=O)COCCOCCOCC(=O)N2CCC(C(=O)O)CC2C)C(C)C)cc1)OC)N(C)C(=O)[C@@H](NC(=O)[C@H](C(C)C)N(C)C)C(C)C. The van der Waals surface area contributed by atoms with E-state index in [1.807, 2.05) is 97.8 Å². The van der Waals surface area contributed by atoms with E-state index in [0.29, 0.717) is 56.4 Å². The van der Waals surface area contributed by atoms with Gasteiger partial charge in [0, 0.05) is 65.6 Å². The highest BCUT2D eigenvalue weighted by Gasteiger charge is 2.44. The Morgan fingerprint density at radius 1 is 0.647 bits per heavy atom. The molecule has 4 rings (SSSR count). The number of ether oxygens (including phenoxy) is 5. The molecule has 0 radical (unpaired) electrons. The average Bonchev–Trinajstić information content (AvgIpc) is 1.44. The van der Waals surface area contributed by atoms with Gasteiger partial charge in [-0.3, -0.25) is 52.8 Å². The minimum atomic E-state index is -1.13. The third kappa shape index (κ3) is 27.4. The van der Waals surface area contributed by atoms with E-state index in [1.165, 1.54) is 14.2 Å². The molecule has 13 atom stereocenters. The molecule has 572 valence electrons. The number of anilines is 1. The Morgan fingerprint density at radius 3 is 1.84 bits per heavy atom. The van der Waals surface area contributed by atoms with Crippen LogP contribution in [0.2, 0.25) is 0 Å². The number of primary amides is 1. The third-order valence-corrected chi connectivity index (χ3v) is 19.2. The maximum atomic E-state index is 14.6. The van der Waals surface area contributed by atoms with E-state index in [2.05, 4.69) is 37.2 Å².